The molecule has 0 fully saturated rings. The third kappa shape index (κ3) is 7.16. The molecule has 0 radical (unpaired) electrons. The molecule has 0 rings (SSSR count). The molecule has 0 atom stereocenters. The van der Waals surface area contributed by atoms with Crippen LogP contribution in [0.25, 0.3) is 0 Å². The minimum atomic E-state index is -0.169. The van der Waals surface area contributed by atoms with Gasteiger partial charge in [-0.15, -0.1) is 0 Å². The van der Waals surface area contributed by atoms with Crippen LogP contribution in [0.15, 0.2) is 11.1 Å². The Morgan fingerprint density at radius 3 is 2.29 bits per heavy atom. The molecule has 3 heteroatoms. The third-order valence-corrected chi connectivity index (χ3v) is 2.85. The largest absolute Gasteiger partial charge is 0.462 e. The Morgan fingerprint density at radius 2 is 1.76 bits per heavy atom. The van der Waals surface area contributed by atoms with Gasteiger partial charge in [0.05, 0.1) is 6.61 Å². The molecule has 0 aromatic heterocycles. The SMILES string of the molecule is CCCCOC(=O)C(C)=C(CCN)CCCC. The Hall–Kier alpha value is -0.830. The maximum Gasteiger partial charge on any atom is 0.333 e. The van der Waals surface area contributed by atoms with Gasteiger partial charge in [0.15, 0.2) is 0 Å². The minimum absolute atomic E-state index is 0.169. The van der Waals surface area contributed by atoms with E-state index in [9.17, 15) is 4.79 Å². The normalized spacial score (nSPS) is 12.2. The van der Waals surface area contributed by atoms with Crippen LogP contribution in [0.5, 0.6) is 0 Å². The van der Waals surface area contributed by atoms with E-state index in [-0.39, 0.29) is 5.97 Å². The molecule has 0 aliphatic carbocycles. The average Bonchev–Trinajstić information content (AvgIpc) is 2.33. The predicted octanol–water partition coefficient (Wildman–Crippen LogP) is 3.19. The summed E-state index contributed by atoms with van der Waals surface area (Å²) < 4.78 is 5.21. The third-order valence-electron chi connectivity index (χ3n) is 2.85. The zero-order valence-electron chi connectivity index (χ0n) is 11.6. The van der Waals surface area contributed by atoms with Gasteiger partial charge in [-0.25, -0.2) is 4.79 Å². The molecule has 2 N–H and O–H groups in total. The molecule has 0 amide bonds. The molecular formula is C14H27NO2. The smallest absolute Gasteiger partial charge is 0.333 e. The van der Waals surface area contributed by atoms with Gasteiger partial charge in [0.1, 0.15) is 0 Å². The molecule has 0 saturated heterocycles. The molecule has 17 heavy (non-hydrogen) atoms. The number of carbonyl (C=O) groups is 1. The van der Waals surface area contributed by atoms with E-state index in [1.54, 1.807) is 0 Å². The molecule has 0 unspecified atom stereocenters. The van der Waals surface area contributed by atoms with Crippen molar-refractivity contribution in [3.8, 4) is 0 Å². The van der Waals surface area contributed by atoms with Crippen molar-refractivity contribution in [2.45, 2.75) is 59.3 Å². The second-order valence-corrected chi connectivity index (χ2v) is 4.36. The summed E-state index contributed by atoms with van der Waals surface area (Å²) in [4.78, 5) is 11.8. The highest BCUT2D eigenvalue weighted by atomic mass is 16.5. The van der Waals surface area contributed by atoms with E-state index in [4.69, 9.17) is 10.5 Å². The van der Waals surface area contributed by atoms with E-state index in [0.717, 1.165) is 49.7 Å². The molecule has 0 spiro atoms. The highest BCUT2D eigenvalue weighted by Gasteiger charge is 2.11. The first kappa shape index (κ1) is 16.2. The molecule has 0 saturated carbocycles. The summed E-state index contributed by atoms with van der Waals surface area (Å²) in [5.74, 6) is -0.169. The van der Waals surface area contributed by atoms with E-state index in [1.165, 1.54) is 0 Å². The predicted molar refractivity (Wildman–Crippen MR) is 71.8 cm³/mol. The number of carbonyl (C=O) groups excluding carboxylic acids is 1. The molecule has 0 bridgehead atoms. The van der Waals surface area contributed by atoms with Gasteiger partial charge < -0.3 is 10.5 Å². The fraction of sp³-hybridized carbons (Fsp3) is 0.786. The van der Waals surface area contributed by atoms with Gasteiger partial charge in [-0.05, 0) is 39.2 Å². The fourth-order valence-electron chi connectivity index (χ4n) is 1.63. The lowest BCUT2D eigenvalue weighted by Crippen LogP contribution is -2.11. The van der Waals surface area contributed by atoms with E-state index in [0.29, 0.717) is 13.2 Å². The molecule has 100 valence electrons. The van der Waals surface area contributed by atoms with Crippen LogP contribution in [0, 0.1) is 0 Å². The summed E-state index contributed by atoms with van der Waals surface area (Å²) in [5, 5.41) is 0. The van der Waals surface area contributed by atoms with Crippen molar-refractivity contribution in [3.63, 3.8) is 0 Å². The van der Waals surface area contributed by atoms with Crippen LogP contribution >= 0.6 is 0 Å². The summed E-state index contributed by atoms with van der Waals surface area (Å²) in [6.45, 7) is 7.20. The van der Waals surface area contributed by atoms with Crippen LogP contribution in [-0.4, -0.2) is 19.1 Å². The molecule has 3 nitrogen and oxygen atoms in total. The fourth-order valence-corrected chi connectivity index (χ4v) is 1.63. The summed E-state index contributed by atoms with van der Waals surface area (Å²) in [7, 11) is 0. The van der Waals surface area contributed by atoms with E-state index < -0.39 is 0 Å². The average molecular weight is 241 g/mol. The summed E-state index contributed by atoms with van der Waals surface area (Å²) >= 11 is 0. The maximum absolute atomic E-state index is 11.8. The first-order valence-corrected chi connectivity index (χ1v) is 6.73. The van der Waals surface area contributed by atoms with E-state index in [2.05, 4.69) is 13.8 Å². The Bertz CT molecular complexity index is 247. The van der Waals surface area contributed by atoms with E-state index in [1.807, 2.05) is 6.92 Å². The zero-order valence-corrected chi connectivity index (χ0v) is 11.6. The topological polar surface area (TPSA) is 52.3 Å². The lowest BCUT2D eigenvalue weighted by molar-refractivity contribution is -0.139. The lowest BCUT2D eigenvalue weighted by atomic mass is 10.0. The quantitative estimate of drug-likeness (QED) is 0.383. The van der Waals surface area contributed by atoms with Gasteiger partial charge in [-0.3, -0.25) is 0 Å². The van der Waals surface area contributed by atoms with Crippen molar-refractivity contribution in [2.75, 3.05) is 13.2 Å². The molecule has 0 aliphatic heterocycles. The number of unbranched alkanes of at least 4 members (excludes halogenated alkanes) is 2. The molecule has 0 aliphatic rings. The van der Waals surface area contributed by atoms with Gasteiger partial charge >= 0.3 is 5.97 Å². The van der Waals surface area contributed by atoms with Crippen LogP contribution in [0.3, 0.4) is 0 Å². The second kappa shape index (κ2) is 10.3. The van der Waals surface area contributed by atoms with Gasteiger partial charge in [0.25, 0.3) is 0 Å². The van der Waals surface area contributed by atoms with Crippen LogP contribution in [0.4, 0.5) is 0 Å². The number of hydrogen-bond donors (Lipinski definition) is 1. The van der Waals surface area contributed by atoms with Crippen LogP contribution in [0.1, 0.15) is 59.3 Å². The van der Waals surface area contributed by atoms with Gasteiger partial charge in [-0.1, -0.05) is 32.3 Å². The summed E-state index contributed by atoms with van der Waals surface area (Å²) in [5.41, 5.74) is 7.50. The van der Waals surface area contributed by atoms with Crippen molar-refractivity contribution in [2.24, 2.45) is 5.73 Å². The maximum atomic E-state index is 11.8. The highest BCUT2D eigenvalue weighted by molar-refractivity contribution is 5.88. The van der Waals surface area contributed by atoms with Crippen molar-refractivity contribution in [3.05, 3.63) is 11.1 Å². The molecule has 0 heterocycles. The Morgan fingerprint density at radius 1 is 1.12 bits per heavy atom. The Balaban J connectivity index is 4.39. The summed E-state index contributed by atoms with van der Waals surface area (Å²) in [6.07, 6.45) is 5.97. The van der Waals surface area contributed by atoms with Gasteiger partial charge in [-0.2, -0.15) is 0 Å². The highest BCUT2D eigenvalue weighted by Crippen LogP contribution is 2.17. The number of hydrogen-bond acceptors (Lipinski definition) is 3. The van der Waals surface area contributed by atoms with Crippen molar-refractivity contribution in [1.82, 2.24) is 0 Å². The molecule has 0 aromatic carbocycles. The van der Waals surface area contributed by atoms with E-state index >= 15 is 0 Å². The first-order chi connectivity index (χ1) is 8.17. The zero-order chi connectivity index (χ0) is 13.1. The lowest BCUT2D eigenvalue weighted by Gasteiger charge is -2.11. The summed E-state index contributed by atoms with van der Waals surface area (Å²) in [6, 6.07) is 0. The van der Waals surface area contributed by atoms with Crippen LogP contribution in [0.2, 0.25) is 0 Å². The molecular weight excluding hydrogens is 214 g/mol. The number of esters is 1. The standard InChI is InChI=1S/C14H27NO2/c1-4-6-8-13(9-10-15)12(3)14(16)17-11-7-5-2/h4-11,15H2,1-3H3. The Kier molecular flexibility index (Phi) is 9.83. The Labute approximate surface area is 105 Å². The van der Waals surface area contributed by atoms with Crippen molar-refractivity contribution >= 4 is 5.97 Å². The van der Waals surface area contributed by atoms with Crippen LogP contribution < -0.4 is 5.73 Å². The number of ether oxygens (including phenoxy) is 1. The first-order valence-electron chi connectivity index (χ1n) is 6.73. The minimum Gasteiger partial charge on any atom is -0.462 e. The van der Waals surface area contributed by atoms with Gasteiger partial charge in [0.2, 0.25) is 0 Å². The van der Waals surface area contributed by atoms with Crippen molar-refractivity contribution in [1.29, 1.82) is 0 Å². The van der Waals surface area contributed by atoms with Gasteiger partial charge in [0, 0.05) is 5.57 Å². The molecule has 0 aromatic rings. The van der Waals surface area contributed by atoms with Crippen LogP contribution in [-0.2, 0) is 9.53 Å². The van der Waals surface area contributed by atoms with Crippen molar-refractivity contribution < 1.29 is 9.53 Å². The monoisotopic (exact) mass is 241 g/mol. The second-order valence-electron chi connectivity index (χ2n) is 4.36. The number of nitrogens with two attached hydrogens (primary N) is 1. The number of rotatable bonds is 9.